The van der Waals surface area contributed by atoms with Crippen LogP contribution < -0.4 is 5.32 Å². The number of nitrogens with zero attached hydrogens (tertiary/aromatic N) is 1. The van der Waals surface area contributed by atoms with Crippen molar-refractivity contribution >= 4 is 10.0 Å². The lowest BCUT2D eigenvalue weighted by atomic mass is 10.00. The summed E-state index contributed by atoms with van der Waals surface area (Å²) in [5, 5.41) is 3.16. The Bertz CT molecular complexity index is 773. The molecule has 1 saturated heterocycles. The van der Waals surface area contributed by atoms with Crippen LogP contribution in [0.2, 0.25) is 0 Å². The minimum atomic E-state index is -3.44. The molecule has 1 fully saturated rings. The number of rotatable bonds is 5. The van der Waals surface area contributed by atoms with E-state index < -0.39 is 10.0 Å². The molecule has 128 valence electrons. The highest BCUT2D eigenvalue weighted by Gasteiger charge is 2.30. The second-order valence-electron chi connectivity index (χ2n) is 6.32. The summed E-state index contributed by atoms with van der Waals surface area (Å²) in [4.78, 5) is 0.383. The lowest BCUT2D eigenvalue weighted by Crippen LogP contribution is -2.42. The van der Waals surface area contributed by atoms with Crippen LogP contribution >= 0.6 is 0 Å². The monoisotopic (exact) mass is 344 g/mol. The van der Waals surface area contributed by atoms with Gasteiger partial charge in [-0.3, -0.25) is 0 Å². The average molecular weight is 344 g/mol. The van der Waals surface area contributed by atoms with Crippen molar-refractivity contribution < 1.29 is 8.42 Å². The lowest BCUT2D eigenvalue weighted by Gasteiger charge is -2.32. The first-order chi connectivity index (χ1) is 11.6. The number of hydrogen-bond donors (Lipinski definition) is 1. The van der Waals surface area contributed by atoms with Crippen LogP contribution in [0.15, 0.2) is 59.5 Å². The van der Waals surface area contributed by atoms with Crippen LogP contribution in [-0.4, -0.2) is 39.4 Å². The Balaban J connectivity index is 1.87. The molecule has 24 heavy (non-hydrogen) atoms. The van der Waals surface area contributed by atoms with Gasteiger partial charge < -0.3 is 5.32 Å². The van der Waals surface area contributed by atoms with E-state index in [1.54, 1.807) is 16.4 Å². The molecule has 0 aliphatic carbocycles. The van der Waals surface area contributed by atoms with Gasteiger partial charge in [0.25, 0.3) is 0 Å². The maximum atomic E-state index is 13.0. The summed E-state index contributed by atoms with van der Waals surface area (Å²) in [5.74, 6) is 0.385. The highest BCUT2D eigenvalue weighted by molar-refractivity contribution is 7.89. The molecule has 3 rings (SSSR count). The topological polar surface area (TPSA) is 49.4 Å². The molecule has 1 N–H and O–H groups in total. The molecule has 0 saturated carbocycles. The predicted molar refractivity (Wildman–Crippen MR) is 97.3 cm³/mol. The fourth-order valence-electron chi connectivity index (χ4n) is 3.32. The second kappa shape index (κ2) is 7.47. The fourth-order valence-corrected chi connectivity index (χ4v) is 4.92. The summed E-state index contributed by atoms with van der Waals surface area (Å²) in [6.07, 6.45) is 2.00. The molecule has 0 aromatic heterocycles. The zero-order chi connectivity index (χ0) is 17.0. The molecule has 2 aromatic rings. The first-order valence-electron chi connectivity index (χ1n) is 8.41. The van der Waals surface area contributed by atoms with Crippen molar-refractivity contribution in [3.8, 4) is 11.1 Å². The van der Waals surface area contributed by atoms with Gasteiger partial charge in [-0.25, -0.2) is 8.42 Å². The van der Waals surface area contributed by atoms with Crippen LogP contribution in [0.4, 0.5) is 0 Å². The van der Waals surface area contributed by atoms with E-state index in [0.29, 0.717) is 23.9 Å². The molecule has 1 heterocycles. The maximum absolute atomic E-state index is 13.0. The quantitative estimate of drug-likeness (QED) is 0.907. The first kappa shape index (κ1) is 17.1. The summed E-state index contributed by atoms with van der Waals surface area (Å²) >= 11 is 0. The van der Waals surface area contributed by atoms with Crippen molar-refractivity contribution in [3.63, 3.8) is 0 Å². The highest BCUT2D eigenvalue weighted by Crippen LogP contribution is 2.27. The molecule has 2 aromatic carbocycles. The summed E-state index contributed by atoms with van der Waals surface area (Å²) in [5.41, 5.74) is 1.96. The molecule has 0 amide bonds. The van der Waals surface area contributed by atoms with Gasteiger partial charge in [-0.2, -0.15) is 4.31 Å². The molecule has 4 nitrogen and oxygen atoms in total. The summed E-state index contributed by atoms with van der Waals surface area (Å²) < 4.78 is 27.7. The Morgan fingerprint density at radius 3 is 2.58 bits per heavy atom. The van der Waals surface area contributed by atoms with E-state index in [1.807, 2.05) is 49.5 Å². The number of benzene rings is 2. The van der Waals surface area contributed by atoms with Crippen LogP contribution in [0.3, 0.4) is 0 Å². The van der Waals surface area contributed by atoms with Gasteiger partial charge >= 0.3 is 0 Å². The van der Waals surface area contributed by atoms with E-state index in [1.165, 1.54) is 0 Å². The van der Waals surface area contributed by atoms with Gasteiger partial charge in [0.1, 0.15) is 0 Å². The van der Waals surface area contributed by atoms with Gasteiger partial charge in [0.05, 0.1) is 4.90 Å². The Kier molecular flexibility index (Phi) is 5.33. The minimum absolute atomic E-state index is 0.383. The SMILES string of the molecule is CNCC1CCCN(S(=O)(=O)c2cccc(-c3ccccc3)c2)C1. The van der Waals surface area contributed by atoms with Crippen molar-refractivity contribution in [2.45, 2.75) is 17.7 Å². The summed E-state index contributed by atoms with van der Waals surface area (Å²) in [6, 6.07) is 17.1. The molecule has 0 bridgehead atoms. The standard InChI is InChI=1S/C19H24N2O2S/c1-20-14-16-7-6-12-21(15-16)24(22,23)19-11-5-10-18(13-19)17-8-3-2-4-9-17/h2-5,8-11,13,16,20H,6-7,12,14-15H2,1H3. The van der Waals surface area contributed by atoms with Gasteiger partial charge in [0.2, 0.25) is 10.0 Å². The van der Waals surface area contributed by atoms with E-state index in [9.17, 15) is 8.42 Å². The van der Waals surface area contributed by atoms with Crippen molar-refractivity contribution in [2.75, 3.05) is 26.7 Å². The molecular weight excluding hydrogens is 320 g/mol. The molecule has 0 radical (unpaired) electrons. The molecule has 1 aliphatic rings. The normalized spacial score (nSPS) is 19.3. The predicted octanol–water partition coefficient (Wildman–Crippen LogP) is 2.97. The Labute approximate surface area is 144 Å². The van der Waals surface area contributed by atoms with Crippen LogP contribution in [0.25, 0.3) is 11.1 Å². The van der Waals surface area contributed by atoms with Crippen molar-refractivity contribution in [2.24, 2.45) is 5.92 Å². The van der Waals surface area contributed by atoms with Crippen LogP contribution in [0.5, 0.6) is 0 Å². The Hall–Kier alpha value is -1.69. The fraction of sp³-hybridized carbons (Fsp3) is 0.368. The molecule has 1 unspecified atom stereocenters. The third-order valence-corrected chi connectivity index (χ3v) is 6.41. The van der Waals surface area contributed by atoms with Crippen LogP contribution in [-0.2, 0) is 10.0 Å². The van der Waals surface area contributed by atoms with Crippen molar-refractivity contribution in [3.05, 3.63) is 54.6 Å². The van der Waals surface area contributed by atoms with E-state index in [2.05, 4.69) is 5.32 Å². The van der Waals surface area contributed by atoms with Gasteiger partial charge in [0, 0.05) is 13.1 Å². The van der Waals surface area contributed by atoms with Gasteiger partial charge in [-0.05, 0) is 55.6 Å². The number of sulfonamides is 1. The van der Waals surface area contributed by atoms with Crippen molar-refractivity contribution in [1.82, 2.24) is 9.62 Å². The molecule has 5 heteroatoms. The van der Waals surface area contributed by atoms with Gasteiger partial charge in [-0.15, -0.1) is 0 Å². The Morgan fingerprint density at radius 1 is 1.08 bits per heavy atom. The molecular formula is C19H24N2O2S. The molecule has 0 spiro atoms. The Morgan fingerprint density at radius 2 is 1.83 bits per heavy atom. The first-order valence-corrected chi connectivity index (χ1v) is 9.85. The molecule has 1 aliphatic heterocycles. The zero-order valence-electron chi connectivity index (χ0n) is 14.0. The van der Waals surface area contributed by atoms with Gasteiger partial charge in [0.15, 0.2) is 0 Å². The smallest absolute Gasteiger partial charge is 0.243 e. The van der Waals surface area contributed by atoms with E-state index in [-0.39, 0.29) is 0 Å². The third kappa shape index (κ3) is 3.69. The minimum Gasteiger partial charge on any atom is -0.319 e. The summed E-state index contributed by atoms with van der Waals surface area (Å²) in [7, 11) is -1.52. The van der Waals surface area contributed by atoms with Crippen molar-refractivity contribution in [1.29, 1.82) is 0 Å². The third-order valence-electron chi connectivity index (χ3n) is 4.55. The number of nitrogens with one attached hydrogen (secondary N) is 1. The zero-order valence-corrected chi connectivity index (χ0v) is 14.8. The number of hydrogen-bond acceptors (Lipinski definition) is 3. The van der Waals surface area contributed by atoms with Crippen LogP contribution in [0.1, 0.15) is 12.8 Å². The maximum Gasteiger partial charge on any atom is 0.243 e. The number of piperidine rings is 1. The highest BCUT2D eigenvalue weighted by atomic mass is 32.2. The summed E-state index contributed by atoms with van der Waals surface area (Å²) in [6.45, 7) is 2.06. The largest absolute Gasteiger partial charge is 0.319 e. The lowest BCUT2D eigenvalue weighted by molar-refractivity contribution is 0.263. The van der Waals surface area contributed by atoms with Crippen LogP contribution in [0, 0.1) is 5.92 Å². The van der Waals surface area contributed by atoms with E-state index in [4.69, 9.17) is 0 Å². The molecule has 1 atom stereocenters. The second-order valence-corrected chi connectivity index (χ2v) is 8.26. The van der Waals surface area contributed by atoms with Gasteiger partial charge in [-0.1, -0.05) is 42.5 Å². The van der Waals surface area contributed by atoms with E-state index >= 15 is 0 Å². The average Bonchev–Trinajstić information content (AvgIpc) is 2.63. The van der Waals surface area contributed by atoms with E-state index in [0.717, 1.165) is 30.5 Å².